The molecule has 6 rings (SSSR count). The average Bonchev–Trinajstić information content (AvgIpc) is 3.43. The van der Waals surface area contributed by atoms with Crippen molar-refractivity contribution in [3.05, 3.63) is 113 Å². The van der Waals surface area contributed by atoms with Crippen molar-refractivity contribution >= 4 is 73.8 Å². The summed E-state index contributed by atoms with van der Waals surface area (Å²) in [7, 11) is 0. The predicted octanol–water partition coefficient (Wildman–Crippen LogP) is 6.03. The highest BCUT2D eigenvalue weighted by Gasteiger charge is 2.57. The minimum atomic E-state index is -4.73. The summed E-state index contributed by atoms with van der Waals surface area (Å²) >= 11 is 5.14. The summed E-state index contributed by atoms with van der Waals surface area (Å²) in [5.74, 6) is -3.80. The number of halogens is 4. The van der Waals surface area contributed by atoms with Crippen molar-refractivity contribution in [2.75, 3.05) is 10.2 Å². The number of carbonyl (C=O) groups is 3. The van der Waals surface area contributed by atoms with E-state index < -0.39 is 68.6 Å². The first-order valence-electron chi connectivity index (χ1n) is 13.1. The standard InChI is InChI=1S/C29H18BrF3N4O6S2/c30-15-5-3-4-14(12-15)21-22-23(26(40)36(25(22)39)16-8-10-17(11-9-16)37(42)43)44-27-24(21)45-28(41)35(27)13-20(38)34-19-7-2-1-6-18(19)29(31,32)33/h1-12,21-23H,13H2,(H,34,38)/t21-,22-,23+/m0/s1. The SMILES string of the molecule is O=C(Cn1c2c(sc1=O)[C@@H](c1cccc(Br)c1)[C@@H]1C(=O)N(c3ccc([N+](=O)[O-])cc3)C(=O)[C@@H]1S2)Nc1ccccc1C(F)(F)F. The zero-order valence-corrected chi connectivity index (χ0v) is 25.7. The van der Waals surface area contributed by atoms with Gasteiger partial charge in [0, 0.05) is 27.4 Å². The number of para-hydroxylation sites is 1. The molecule has 3 heterocycles. The van der Waals surface area contributed by atoms with Gasteiger partial charge in [0.1, 0.15) is 11.8 Å². The molecule has 3 atom stereocenters. The molecule has 0 saturated carbocycles. The lowest BCUT2D eigenvalue weighted by atomic mass is 9.83. The number of hydrogen-bond donors (Lipinski definition) is 1. The first-order valence-corrected chi connectivity index (χ1v) is 15.6. The molecule has 3 aromatic carbocycles. The first kappa shape index (κ1) is 30.7. The van der Waals surface area contributed by atoms with Gasteiger partial charge in [0.15, 0.2) is 0 Å². The Kier molecular flexibility index (Phi) is 7.91. The Bertz CT molecular complexity index is 1950. The molecule has 2 aliphatic heterocycles. The third-order valence-corrected chi connectivity index (χ3v) is 10.5. The van der Waals surface area contributed by atoms with Crippen LogP contribution in [0.2, 0.25) is 0 Å². The third-order valence-electron chi connectivity index (χ3n) is 7.38. The maximum Gasteiger partial charge on any atom is 0.418 e. The Labute approximate surface area is 268 Å². The predicted molar refractivity (Wildman–Crippen MR) is 163 cm³/mol. The summed E-state index contributed by atoms with van der Waals surface area (Å²) in [6, 6.07) is 16.4. The summed E-state index contributed by atoms with van der Waals surface area (Å²) in [5, 5.41) is 12.6. The first-order chi connectivity index (χ1) is 21.3. The Balaban J connectivity index is 1.39. The van der Waals surface area contributed by atoms with Gasteiger partial charge < -0.3 is 5.32 Å². The van der Waals surface area contributed by atoms with E-state index in [-0.39, 0.29) is 16.4 Å². The van der Waals surface area contributed by atoms with Gasteiger partial charge in [-0.1, -0.05) is 63.3 Å². The van der Waals surface area contributed by atoms with Crippen LogP contribution in [0.4, 0.5) is 30.2 Å². The number of thioether (sulfide) groups is 1. The number of imide groups is 1. The van der Waals surface area contributed by atoms with Gasteiger partial charge in [-0.05, 0) is 42.0 Å². The van der Waals surface area contributed by atoms with Crippen molar-refractivity contribution in [2.45, 2.75) is 28.9 Å². The number of nitro benzene ring substituents is 1. The molecule has 2 aliphatic rings. The molecule has 1 aromatic heterocycles. The second kappa shape index (κ2) is 11.6. The normalized spacial score (nSPS) is 19.3. The van der Waals surface area contributed by atoms with Gasteiger partial charge in [0.05, 0.1) is 32.8 Å². The van der Waals surface area contributed by atoms with Crippen LogP contribution in [0, 0.1) is 16.0 Å². The van der Waals surface area contributed by atoms with Crippen LogP contribution < -0.4 is 15.1 Å². The highest BCUT2D eigenvalue weighted by atomic mass is 79.9. The molecule has 0 unspecified atom stereocenters. The molecule has 4 aromatic rings. The van der Waals surface area contributed by atoms with Crippen LogP contribution in [0.1, 0.15) is 21.9 Å². The Hall–Kier alpha value is -4.28. The van der Waals surface area contributed by atoms with Gasteiger partial charge in [-0.3, -0.25) is 33.9 Å². The maximum absolute atomic E-state index is 13.9. The van der Waals surface area contributed by atoms with E-state index in [4.69, 9.17) is 0 Å². The van der Waals surface area contributed by atoms with E-state index in [1.54, 1.807) is 24.3 Å². The fraction of sp³-hybridized carbons (Fsp3) is 0.172. The smallest absolute Gasteiger partial charge is 0.324 e. The Morgan fingerprint density at radius 1 is 1.00 bits per heavy atom. The summed E-state index contributed by atoms with van der Waals surface area (Å²) in [5.41, 5.74) is -0.987. The molecular formula is C29H18BrF3N4O6S2. The summed E-state index contributed by atoms with van der Waals surface area (Å²) in [6.07, 6.45) is -4.73. The number of benzene rings is 3. The number of anilines is 2. The molecule has 45 heavy (non-hydrogen) atoms. The molecule has 3 amide bonds. The second-order valence-electron chi connectivity index (χ2n) is 10.1. The highest BCUT2D eigenvalue weighted by molar-refractivity contribution is 9.10. The lowest BCUT2D eigenvalue weighted by molar-refractivity contribution is -0.384. The third kappa shape index (κ3) is 5.57. The summed E-state index contributed by atoms with van der Waals surface area (Å²) in [4.78, 5) is 65.4. The fourth-order valence-corrected chi connectivity index (χ4v) is 8.66. The van der Waals surface area contributed by atoms with E-state index in [0.29, 0.717) is 14.9 Å². The van der Waals surface area contributed by atoms with Gasteiger partial charge in [-0.2, -0.15) is 13.2 Å². The van der Waals surface area contributed by atoms with Crippen LogP contribution >= 0.6 is 39.0 Å². The van der Waals surface area contributed by atoms with Gasteiger partial charge in [-0.15, -0.1) is 0 Å². The number of aromatic nitrogens is 1. The second-order valence-corrected chi connectivity index (χ2v) is 13.1. The molecule has 0 aliphatic carbocycles. The molecule has 0 spiro atoms. The minimum Gasteiger partial charge on any atom is -0.324 e. The van der Waals surface area contributed by atoms with E-state index in [1.807, 2.05) is 0 Å². The van der Waals surface area contributed by atoms with E-state index in [9.17, 15) is 42.5 Å². The molecular weight excluding hydrogens is 701 g/mol. The number of carbonyl (C=O) groups excluding carboxylic acids is 3. The van der Waals surface area contributed by atoms with Crippen LogP contribution in [-0.2, 0) is 27.1 Å². The zero-order valence-electron chi connectivity index (χ0n) is 22.5. The number of thiazole rings is 1. The van der Waals surface area contributed by atoms with Crippen LogP contribution in [0.15, 0.2) is 87.1 Å². The minimum absolute atomic E-state index is 0.141. The molecule has 1 fully saturated rings. The molecule has 0 radical (unpaired) electrons. The van der Waals surface area contributed by atoms with E-state index in [1.165, 1.54) is 36.4 Å². The van der Waals surface area contributed by atoms with Crippen molar-refractivity contribution < 1.29 is 32.5 Å². The number of hydrogen-bond acceptors (Lipinski definition) is 8. The lowest BCUT2D eigenvalue weighted by Gasteiger charge is -2.30. The number of non-ortho nitro benzene ring substituents is 1. The molecule has 0 bridgehead atoms. The number of fused-ring (bicyclic) bond motifs is 2. The molecule has 1 N–H and O–H groups in total. The van der Waals surface area contributed by atoms with Crippen molar-refractivity contribution in [3.8, 4) is 0 Å². The number of rotatable bonds is 6. The van der Waals surface area contributed by atoms with Crippen molar-refractivity contribution in [1.29, 1.82) is 0 Å². The van der Waals surface area contributed by atoms with Crippen molar-refractivity contribution in [2.24, 2.45) is 5.92 Å². The van der Waals surface area contributed by atoms with Crippen molar-refractivity contribution in [1.82, 2.24) is 4.57 Å². The number of nitro groups is 1. The van der Waals surface area contributed by atoms with Crippen LogP contribution in [-0.4, -0.2) is 32.5 Å². The number of alkyl halides is 3. The lowest BCUT2D eigenvalue weighted by Crippen LogP contribution is -2.33. The van der Waals surface area contributed by atoms with E-state index in [2.05, 4.69) is 21.2 Å². The van der Waals surface area contributed by atoms with Crippen LogP contribution in [0.5, 0.6) is 0 Å². The van der Waals surface area contributed by atoms with Gasteiger partial charge in [0.25, 0.3) is 5.69 Å². The van der Waals surface area contributed by atoms with E-state index in [0.717, 1.165) is 44.7 Å². The molecule has 230 valence electrons. The monoisotopic (exact) mass is 718 g/mol. The van der Waals surface area contributed by atoms with Crippen LogP contribution in [0.3, 0.4) is 0 Å². The number of nitrogens with zero attached hydrogens (tertiary/aromatic N) is 3. The van der Waals surface area contributed by atoms with E-state index >= 15 is 0 Å². The van der Waals surface area contributed by atoms with Gasteiger partial charge in [-0.25, -0.2) is 4.90 Å². The molecule has 16 heteroatoms. The van der Waals surface area contributed by atoms with Crippen LogP contribution in [0.25, 0.3) is 0 Å². The molecule has 10 nitrogen and oxygen atoms in total. The van der Waals surface area contributed by atoms with Crippen molar-refractivity contribution in [3.63, 3.8) is 0 Å². The Morgan fingerprint density at radius 3 is 2.38 bits per heavy atom. The molecule has 1 saturated heterocycles. The maximum atomic E-state index is 13.9. The zero-order chi connectivity index (χ0) is 32.2. The van der Waals surface area contributed by atoms with Gasteiger partial charge >= 0.3 is 11.0 Å². The number of nitrogens with one attached hydrogen (secondary N) is 1. The fourth-order valence-electron chi connectivity index (χ4n) is 5.47. The largest absolute Gasteiger partial charge is 0.418 e. The highest BCUT2D eigenvalue weighted by Crippen LogP contribution is 2.54. The Morgan fingerprint density at radius 2 is 1.71 bits per heavy atom. The summed E-state index contributed by atoms with van der Waals surface area (Å²) in [6.45, 7) is -0.638. The quantitative estimate of drug-likeness (QED) is 0.146. The summed E-state index contributed by atoms with van der Waals surface area (Å²) < 4.78 is 42.3. The van der Waals surface area contributed by atoms with Gasteiger partial charge in [0.2, 0.25) is 17.7 Å². The average molecular weight is 720 g/mol. The topological polar surface area (TPSA) is 132 Å². The number of amides is 3.